The first-order valence-electron chi connectivity index (χ1n) is 4.81. The van der Waals surface area contributed by atoms with Crippen LogP contribution >= 0.6 is 11.6 Å². The van der Waals surface area contributed by atoms with Crippen LogP contribution < -0.4 is 5.32 Å². The third-order valence-electron chi connectivity index (χ3n) is 1.74. The number of hydrogen-bond donors (Lipinski definition) is 1. The molecule has 1 N–H and O–H groups in total. The van der Waals surface area contributed by atoms with Gasteiger partial charge >= 0.3 is 6.09 Å². The Hall–Kier alpha value is -1.82. The van der Waals surface area contributed by atoms with Gasteiger partial charge in [0.05, 0.1) is 11.0 Å². The van der Waals surface area contributed by atoms with E-state index in [1.54, 1.807) is 13.8 Å². The summed E-state index contributed by atoms with van der Waals surface area (Å²) in [6.07, 6.45) is -1.05. The van der Waals surface area contributed by atoms with Crippen molar-refractivity contribution in [3.05, 3.63) is 33.3 Å². The van der Waals surface area contributed by atoms with Crippen molar-refractivity contribution in [3.63, 3.8) is 0 Å². The molecule has 0 saturated heterocycles. The first kappa shape index (κ1) is 13.2. The molecule has 0 spiro atoms. The summed E-state index contributed by atoms with van der Waals surface area (Å²) in [5.41, 5.74) is -0.233. The van der Waals surface area contributed by atoms with Crippen LogP contribution in [0.2, 0.25) is 5.02 Å². The van der Waals surface area contributed by atoms with Gasteiger partial charge in [0.1, 0.15) is 5.69 Å². The van der Waals surface area contributed by atoms with Gasteiger partial charge in [0.25, 0.3) is 5.69 Å². The highest BCUT2D eigenvalue weighted by atomic mass is 35.5. The molecule has 0 aliphatic rings. The van der Waals surface area contributed by atoms with Gasteiger partial charge in [-0.25, -0.2) is 4.79 Å². The van der Waals surface area contributed by atoms with Crippen molar-refractivity contribution in [3.8, 4) is 0 Å². The maximum atomic E-state index is 11.3. The molecule has 0 saturated carbocycles. The minimum atomic E-state index is -0.745. The molecule has 1 aromatic rings. The molecule has 0 unspecified atom stereocenters. The van der Waals surface area contributed by atoms with Crippen LogP contribution in [0.3, 0.4) is 0 Å². The number of rotatable bonds is 3. The second-order valence-electron chi connectivity index (χ2n) is 3.50. The summed E-state index contributed by atoms with van der Waals surface area (Å²) in [5, 5.41) is 13.2. The summed E-state index contributed by atoms with van der Waals surface area (Å²) in [4.78, 5) is 21.4. The first-order valence-corrected chi connectivity index (χ1v) is 5.19. The summed E-state index contributed by atoms with van der Waals surface area (Å²) in [6, 6.07) is 3.95. The number of halogens is 1. The minimum absolute atomic E-state index is 0.0463. The normalized spacial score (nSPS) is 10.1. The van der Waals surface area contributed by atoms with Gasteiger partial charge in [0, 0.05) is 11.1 Å². The van der Waals surface area contributed by atoms with E-state index in [0.717, 1.165) is 6.07 Å². The molecule has 7 heteroatoms. The molecule has 92 valence electrons. The highest BCUT2D eigenvalue weighted by Crippen LogP contribution is 2.27. The zero-order chi connectivity index (χ0) is 13.0. The predicted molar refractivity (Wildman–Crippen MR) is 63.3 cm³/mol. The third-order valence-corrected chi connectivity index (χ3v) is 1.97. The number of ether oxygens (including phenoxy) is 1. The van der Waals surface area contributed by atoms with Crippen molar-refractivity contribution in [2.45, 2.75) is 20.0 Å². The van der Waals surface area contributed by atoms with Gasteiger partial charge in [0.2, 0.25) is 0 Å². The molecule has 0 aliphatic heterocycles. The lowest BCUT2D eigenvalue weighted by molar-refractivity contribution is -0.383. The van der Waals surface area contributed by atoms with Gasteiger partial charge in [-0.05, 0) is 26.0 Å². The maximum Gasteiger partial charge on any atom is 0.412 e. The van der Waals surface area contributed by atoms with Gasteiger partial charge in [0.15, 0.2) is 0 Å². The van der Waals surface area contributed by atoms with Crippen LogP contribution in [0.15, 0.2) is 18.2 Å². The monoisotopic (exact) mass is 258 g/mol. The second kappa shape index (κ2) is 5.49. The summed E-state index contributed by atoms with van der Waals surface area (Å²) >= 11 is 5.63. The molecule has 1 aromatic carbocycles. The number of nitro groups is 1. The fourth-order valence-corrected chi connectivity index (χ4v) is 1.28. The lowest BCUT2D eigenvalue weighted by atomic mass is 10.2. The van der Waals surface area contributed by atoms with E-state index in [4.69, 9.17) is 16.3 Å². The quantitative estimate of drug-likeness (QED) is 0.667. The molecule has 17 heavy (non-hydrogen) atoms. The van der Waals surface area contributed by atoms with Gasteiger partial charge in [-0.1, -0.05) is 11.6 Å². The van der Waals surface area contributed by atoms with E-state index < -0.39 is 11.0 Å². The molecule has 0 atom stereocenters. The number of nitrogens with one attached hydrogen (secondary N) is 1. The second-order valence-corrected chi connectivity index (χ2v) is 3.93. The SMILES string of the molecule is CC(C)OC(=O)Nc1ccc(Cl)cc1[N+](=O)[O-]. The topological polar surface area (TPSA) is 81.5 Å². The number of nitrogens with zero attached hydrogens (tertiary/aromatic N) is 1. The predicted octanol–water partition coefficient (Wildman–Crippen LogP) is 3.21. The summed E-state index contributed by atoms with van der Waals surface area (Å²) in [5.74, 6) is 0. The van der Waals surface area contributed by atoms with Gasteiger partial charge < -0.3 is 4.74 Å². The summed E-state index contributed by atoms with van der Waals surface area (Å²) < 4.78 is 4.81. The van der Waals surface area contributed by atoms with E-state index in [-0.39, 0.29) is 22.5 Å². The van der Waals surface area contributed by atoms with Crippen molar-refractivity contribution in [2.24, 2.45) is 0 Å². The zero-order valence-electron chi connectivity index (χ0n) is 9.27. The fraction of sp³-hybridized carbons (Fsp3) is 0.300. The maximum absolute atomic E-state index is 11.3. The lowest BCUT2D eigenvalue weighted by Crippen LogP contribution is -2.18. The van der Waals surface area contributed by atoms with E-state index in [9.17, 15) is 14.9 Å². The number of benzene rings is 1. The first-order chi connectivity index (χ1) is 7.90. The third kappa shape index (κ3) is 3.92. The molecule has 0 aliphatic carbocycles. The standard InChI is InChI=1S/C10H11ClN2O4/c1-6(2)17-10(14)12-8-4-3-7(11)5-9(8)13(15)16/h3-6H,1-2H3,(H,12,14). The van der Waals surface area contributed by atoms with Gasteiger partial charge in [-0.15, -0.1) is 0 Å². The highest BCUT2D eigenvalue weighted by molar-refractivity contribution is 6.31. The van der Waals surface area contributed by atoms with Crippen molar-refractivity contribution in [1.29, 1.82) is 0 Å². The van der Waals surface area contributed by atoms with Crippen LogP contribution in [-0.4, -0.2) is 17.1 Å². The number of carbonyl (C=O) groups excluding carboxylic acids is 1. The van der Waals surface area contributed by atoms with Crippen LogP contribution in [-0.2, 0) is 4.74 Å². The molecular formula is C10H11ClN2O4. The Morgan fingerprint density at radius 2 is 2.18 bits per heavy atom. The molecule has 0 heterocycles. The fourth-order valence-electron chi connectivity index (χ4n) is 1.12. The molecular weight excluding hydrogens is 248 g/mol. The molecule has 0 bridgehead atoms. The van der Waals surface area contributed by atoms with Crippen LogP contribution in [0.5, 0.6) is 0 Å². The average molecular weight is 259 g/mol. The average Bonchev–Trinajstić information content (AvgIpc) is 2.19. The van der Waals surface area contributed by atoms with Crippen molar-refractivity contribution >= 4 is 29.1 Å². The minimum Gasteiger partial charge on any atom is -0.447 e. The Kier molecular flexibility index (Phi) is 4.28. The highest BCUT2D eigenvalue weighted by Gasteiger charge is 2.17. The smallest absolute Gasteiger partial charge is 0.412 e. The molecule has 1 rings (SSSR count). The van der Waals surface area contributed by atoms with Crippen LogP contribution in [0, 0.1) is 10.1 Å². The summed E-state index contributed by atoms with van der Waals surface area (Å²) in [6.45, 7) is 3.35. The van der Waals surface area contributed by atoms with Gasteiger partial charge in [-0.3, -0.25) is 15.4 Å². The zero-order valence-corrected chi connectivity index (χ0v) is 10.0. The lowest BCUT2D eigenvalue weighted by Gasteiger charge is -2.09. The van der Waals surface area contributed by atoms with Crippen LogP contribution in [0.1, 0.15) is 13.8 Å². The number of anilines is 1. The van der Waals surface area contributed by atoms with Crippen molar-refractivity contribution in [2.75, 3.05) is 5.32 Å². The van der Waals surface area contributed by atoms with Crippen LogP contribution in [0.4, 0.5) is 16.2 Å². The number of hydrogen-bond acceptors (Lipinski definition) is 4. The Balaban J connectivity index is 2.91. The van der Waals surface area contributed by atoms with E-state index >= 15 is 0 Å². The van der Waals surface area contributed by atoms with Crippen LogP contribution in [0.25, 0.3) is 0 Å². The van der Waals surface area contributed by atoms with E-state index in [0.29, 0.717) is 0 Å². The molecule has 0 aromatic heterocycles. The number of nitro benzene ring substituents is 1. The van der Waals surface area contributed by atoms with E-state index in [1.165, 1.54) is 12.1 Å². The molecule has 1 amide bonds. The molecule has 0 fully saturated rings. The van der Waals surface area contributed by atoms with Gasteiger partial charge in [-0.2, -0.15) is 0 Å². The van der Waals surface area contributed by atoms with E-state index in [1.807, 2.05) is 0 Å². The Labute approximate surface area is 103 Å². The Bertz CT molecular complexity index is 448. The Morgan fingerprint density at radius 3 is 2.71 bits per heavy atom. The Morgan fingerprint density at radius 1 is 1.53 bits per heavy atom. The number of amides is 1. The molecule has 6 nitrogen and oxygen atoms in total. The largest absolute Gasteiger partial charge is 0.447 e. The molecule has 0 radical (unpaired) electrons. The number of carbonyl (C=O) groups is 1. The van der Waals surface area contributed by atoms with E-state index in [2.05, 4.69) is 5.32 Å². The van der Waals surface area contributed by atoms with Crippen molar-refractivity contribution < 1.29 is 14.5 Å². The van der Waals surface area contributed by atoms with Crippen molar-refractivity contribution in [1.82, 2.24) is 0 Å². The summed E-state index contributed by atoms with van der Waals surface area (Å²) in [7, 11) is 0.